The van der Waals surface area contributed by atoms with Crippen LogP contribution in [0.1, 0.15) is 50.8 Å². The fourth-order valence-electron chi connectivity index (χ4n) is 4.21. The average molecular weight is 463 g/mol. The molecule has 2 aromatic carbocycles. The Hall–Kier alpha value is -4.01. The molecule has 0 spiro atoms. The standard InChI is InChI=1S/C25H25N3O6/c1-16(29)34-19-6-4-5-18(13-19)23(31)26-14-17-9-11-27(12-10-17)22(30)15-28-24(32)20-7-2-3-8-21(20)25(28)33/h2-8,13,17H,9-12,14-15H2,1H3,(H,26,31). The first-order valence-electron chi connectivity index (χ1n) is 11.1. The molecule has 0 unspecified atom stereocenters. The van der Waals surface area contributed by atoms with Crippen molar-refractivity contribution in [2.75, 3.05) is 26.2 Å². The van der Waals surface area contributed by atoms with Crippen LogP contribution < -0.4 is 10.1 Å². The summed E-state index contributed by atoms with van der Waals surface area (Å²) in [5, 5.41) is 2.89. The Bertz CT molecular complexity index is 1120. The Labute approximate surface area is 196 Å². The molecule has 2 aromatic rings. The number of imide groups is 1. The highest BCUT2D eigenvalue weighted by atomic mass is 16.5. The second-order valence-electron chi connectivity index (χ2n) is 8.40. The van der Waals surface area contributed by atoms with E-state index in [0.717, 1.165) is 4.90 Å². The summed E-state index contributed by atoms with van der Waals surface area (Å²) in [6.07, 6.45) is 1.39. The predicted molar refractivity (Wildman–Crippen MR) is 121 cm³/mol. The lowest BCUT2D eigenvalue weighted by Crippen LogP contribution is -2.46. The van der Waals surface area contributed by atoms with Crippen molar-refractivity contribution in [2.45, 2.75) is 19.8 Å². The van der Waals surface area contributed by atoms with Crippen LogP contribution in [0.25, 0.3) is 0 Å². The van der Waals surface area contributed by atoms with Gasteiger partial charge >= 0.3 is 5.97 Å². The van der Waals surface area contributed by atoms with Crippen LogP contribution >= 0.6 is 0 Å². The van der Waals surface area contributed by atoms with E-state index in [1.807, 2.05) is 0 Å². The molecular weight excluding hydrogens is 438 g/mol. The van der Waals surface area contributed by atoms with Gasteiger partial charge in [0.05, 0.1) is 11.1 Å². The van der Waals surface area contributed by atoms with Crippen LogP contribution in [0, 0.1) is 5.92 Å². The molecule has 2 aliphatic rings. The number of likely N-dealkylation sites (tertiary alicyclic amines) is 1. The number of carbonyl (C=O) groups is 5. The van der Waals surface area contributed by atoms with Crippen molar-refractivity contribution in [3.63, 3.8) is 0 Å². The molecule has 0 atom stereocenters. The first-order chi connectivity index (χ1) is 16.3. The quantitative estimate of drug-likeness (QED) is 0.398. The highest BCUT2D eigenvalue weighted by Gasteiger charge is 2.37. The summed E-state index contributed by atoms with van der Waals surface area (Å²) in [5.74, 6) is -1.36. The van der Waals surface area contributed by atoms with Gasteiger partial charge in [-0.2, -0.15) is 0 Å². The zero-order chi connectivity index (χ0) is 24.2. The van der Waals surface area contributed by atoms with Crippen molar-refractivity contribution in [3.8, 4) is 5.75 Å². The summed E-state index contributed by atoms with van der Waals surface area (Å²) in [4.78, 5) is 63.9. The second kappa shape index (κ2) is 9.86. The minimum atomic E-state index is -0.457. The SMILES string of the molecule is CC(=O)Oc1cccc(C(=O)NCC2CCN(C(=O)CN3C(=O)c4ccccc4C3=O)CC2)c1. The molecule has 2 heterocycles. The highest BCUT2D eigenvalue weighted by molar-refractivity contribution is 6.22. The van der Waals surface area contributed by atoms with E-state index in [1.165, 1.54) is 13.0 Å². The molecule has 0 saturated carbocycles. The third-order valence-electron chi connectivity index (χ3n) is 6.05. The Morgan fingerprint density at radius 1 is 0.971 bits per heavy atom. The Balaban J connectivity index is 1.24. The van der Waals surface area contributed by atoms with Gasteiger partial charge in [0.15, 0.2) is 0 Å². The van der Waals surface area contributed by atoms with Crippen molar-refractivity contribution in [1.82, 2.24) is 15.1 Å². The molecule has 4 rings (SSSR count). The first kappa shape index (κ1) is 23.2. The lowest BCUT2D eigenvalue weighted by atomic mass is 9.96. The largest absolute Gasteiger partial charge is 0.427 e. The van der Waals surface area contributed by atoms with Crippen molar-refractivity contribution in [3.05, 3.63) is 65.2 Å². The van der Waals surface area contributed by atoms with Gasteiger partial charge < -0.3 is 15.0 Å². The van der Waals surface area contributed by atoms with E-state index in [4.69, 9.17) is 4.74 Å². The number of nitrogens with one attached hydrogen (secondary N) is 1. The van der Waals surface area contributed by atoms with E-state index >= 15 is 0 Å². The van der Waals surface area contributed by atoms with Gasteiger partial charge in [-0.05, 0) is 49.1 Å². The summed E-state index contributed by atoms with van der Waals surface area (Å²) < 4.78 is 5.01. The number of esters is 1. The van der Waals surface area contributed by atoms with Crippen molar-refractivity contribution >= 4 is 29.6 Å². The number of carbonyl (C=O) groups excluding carboxylic acids is 5. The fraction of sp³-hybridized carbons (Fsp3) is 0.320. The molecule has 34 heavy (non-hydrogen) atoms. The van der Waals surface area contributed by atoms with Gasteiger partial charge in [0.1, 0.15) is 12.3 Å². The molecule has 1 N–H and O–H groups in total. The second-order valence-corrected chi connectivity index (χ2v) is 8.40. The number of hydrogen-bond donors (Lipinski definition) is 1. The number of hydrogen-bond acceptors (Lipinski definition) is 6. The first-order valence-corrected chi connectivity index (χ1v) is 11.1. The molecule has 1 saturated heterocycles. The van der Waals surface area contributed by atoms with E-state index in [2.05, 4.69) is 5.32 Å². The van der Waals surface area contributed by atoms with Gasteiger partial charge in [0.2, 0.25) is 5.91 Å². The molecular formula is C25H25N3O6. The number of nitrogens with zero attached hydrogens (tertiary/aromatic N) is 2. The maximum Gasteiger partial charge on any atom is 0.308 e. The van der Waals surface area contributed by atoms with Crippen LogP contribution in [-0.4, -0.2) is 65.6 Å². The van der Waals surface area contributed by atoms with E-state index in [9.17, 15) is 24.0 Å². The maximum atomic E-state index is 12.7. The van der Waals surface area contributed by atoms with Gasteiger partial charge in [-0.1, -0.05) is 18.2 Å². The van der Waals surface area contributed by atoms with Gasteiger partial charge in [-0.15, -0.1) is 0 Å². The molecule has 9 nitrogen and oxygen atoms in total. The van der Waals surface area contributed by atoms with Gasteiger partial charge in [-0.25, -0.2) is 0 Å². The number of piperidine rings is 1. The number of ether oxygens (including phenoxy) is 1. The average Bonchev–Trinajstić information content (AvgIpc) is 3.07. The topological polar surface area (TPSA) is 113 Å². The summed E-state index contributed by atoms with van der Waals surface area (Å²) >= 11 is 0. The van der Waals surface area contributed by atoms with Gasteiger partial charge in [-0.3, -0.25) is 28.9 Å². The molecule has 176 valence electrons. The fourth-order valence-corrected chi connectivity index (χ4v) is 4.21. The molecule has 2 aliphatic heterocycles. The lowest BCUT2D eigenvalue weighted by Gasteiger charge is -2.32. The summed E-state index contributed by atoms with van der Waals surface area (Å²) in [7, 11) is 0. The predicted octanol–water partition coefficient (Wildman–Crippen LogP) is 1.88. The molecule has 4 amide bonds. The smallest absolute Gasteiger partial charge is 0.308 e. The number of rotatable bonds is 6. The zero-order valence-corrected chi connectivity index (χ0v) is 18.8. The minimum absolute atomic E-state index is 0.198. The van der Waals surface area contributed by atoms with Crippen molar-refractivity contribution in [2.24, 2.45) is 5.92 Å². The third kappa shape index (κ3) is 4.98. The van der Waals surface area contributed by atoms with E-state index in [-0.39, 0.29) is 24.3 Å². The molecule has 0 bridgehead atoms. The van der Waals surface area contributed by atoms with Crippen LogP contribution in [0.2, 0.25) is 0 Å². The van der Waals surface area contributed by atoms with Gasteiger partial charge in [0.25, 0.3) is 17.7 Å². The Kier molecular flexibility index (Phi) is 6.72. The van der Waals surface area contributed by atoms with Crippen molar-refractivity contribution in [1.29, 1.82) is 0 Å². The van der Waals surface area contributed by atoms with Crippen LogP contribution in [0.15, 0.2) is 48.5 Å². The van der Waals surface area contributed by atoms with Crippen LogP contribution in [0.3, 0.4) is 0 Å². The highest BCUT2D eigenvalue weighted by Crippen LogP contribution is 2.23. The molecule has 9 heteroatoms. The van der Waals surface area contributed by atoms with Crippen LogP contribution in [0.4, 0.5) is 0 Å². The normalized spacial score (nSPS) is 15.8. The van der Waals surface area contributed by atoms with E-state index in [0.29, 0.717) is 54.9 Å². The number of amides is 4. The molecule has 0 aromatic heterocycles. The Morgan fingerprint density at radius 3 is 2.24 bits per heavy atom. The van der Waals surface area contributed by atoms with Crippen molar-refractivity contribution < 1.29 is 28.7 Å². The minimum Gasteiger partial charge on any atom is -0.427 e. The van der Waals surface area contributed by atoms with E-state index < -0.39 is 17.8 Å². The van der Waals surface area contributed by atoms with Crippen LogP contribution in [0.5, 0.6) is 5.75 Å². The summed E-state index contributed by atoms with van der Waals surface area (Å²) in [6, 6.07) is 13.0. The lowest BCUT2D eigenvalue weighted by molar-refractivity contribution is -0.133. The monoisotopic (exact) mass is 463 g/mol. The maximum absolute atomic E-state index is 12.7. The third-order valence-corrected chi connectivity index (χ3v) is 6.05. The Morgan fingerprint density at radius 2 is 1.62 bits per heavy atom. The zero-order valence-electron chi connectivity index (χ0n) is 18.8. The molecule has 0 aliphatic carbocycles. The molecule has 0 radical (unpaired) electrons. The van der Waals surface area contributed by atoms with E-state index in [1.54, 1.807) is 47.4 Å². The number of fused-ring (bicyclic) bond motifs is 1. The summed E-state index contributed by atoms with van der Waals surface area (Å²) in [5.41, 5.74) is 1.05. The van der Waals surface area contributed by atoms with Crippen LogP contribution in [-0.2, 0) is 9.59 Å². The van der Waals surface area contributed by atoms with Gasteiger partial charge in [0, 0.05) is 32.1 Å². The summed E-state index contributed by atoms with van der Waals surface area (Å²) in [6.45, 7) is 2.46. The number of benzene rings is 2. The molecule has 1 fully saturated rings.